The maximum Gasteiger partial charge on any atom is 0.250 e. The molecule has 0 aromatic carbocycles. The predicted octanol–water partition coefficient (Wildman–Crippen LogP) is 4.44. The van der Waals surface area contributed by atoms with Crippen LogP contribution in [0, 0.1) is 16.0 Å². The van der Waals surface area contributed by atoms with Gasteiger partial charge in [0.2, 0.25) is 5.70 Å². The van der Waals surface area contributed by atoms with Gasteiger partial charge < -0.3 is 4.74 Å². The van der Waals surface area contributed by atoms with Gasteiger partial charge in [-0.15, -0.1) is 0 Å². The van der Waals surface area contributed by atoms with Crippen LogP contribution in [0.15, 0.2) is 59.1 Å². The third kappa shape index (κ3) is 2.37. The first-order valence-electron chi connectivity index (χ1n) is 7.36. The number of halogens is 1. The van der Waals surface area contributed by atoms with Gasteiger partial charge in [-0.05, 0) is 32.8 Å². The van der Waals surface area contributed by atoms with E-state index in [4.69, 9.17) is 4.74 Å². The molecule has 3 atom stereocenters. The maximum absolute atomic E-state index is 11.4. The second kappa shape index (κ2) is 5.54. The van der Waals surface area contributed by atoms with Crippen molar-refractivity contribution in [1.29, 1.82) is 0 Å². The summed E-state index contributed by atoms with van der Waals surface area (Å²) in [6.07, 6.45) is 12.9. The molecule has 0 fully saturated rings. The van der Waals surface area contributed by atoms with E-state index in [-0.39, 0.29) is 21.4 Å². The van der Waals surface area contributed by atoms with Crippen LogP contribution in [0.3, 0.4) is 0 Å². The highest BCUT2D eigenvalue weighted by Gasteiger charge is 2.47. The highest BCUT2D eigenvalue weighted by molar-refractivity contribution is 9.09. The zero-order chi connectivity index (χ0) is 15.9. The summed E-state index contributed by atoms with van der Waals surface area (Å²) in [6.45, 7) is 4.06. The zero-order valence-electron chi connectivity index (χ0n) is 12.6. The first kappa shape index (κ1) is 15.3. The number of hydrogen-bond donors (Lipinski definition) is 0. The number of fused-ring (bicyclic) bond motifs is 1. The molecule has 0 spiro atoms. The number of rotatable bonds is 2. The first-order chi connectivity index (χ1) is 10.4. The topological polar surface area (TPSA) is 52.4 Å². The molecule has 2 aliphatic carbocycles. The average Bonchev–Trinajstić information content (AvgIpc) is 2.65. The van der Waals surface area contributed by atoms with Crippen LogP contribution in [-0.4, -0.2) is 15.4 Å². The Morgan fingerprint density at radius 2 is 2.23 bits per heavy atom. The number of hydrogen-bond acceptors (Lipinski definition) is 3. The van der Waals surface area contributed by atoms with Gasteiger partial charge in [0.25, 0.3) is 0 Å². The van der Waals surface area contributed by atoms with Crippen molar-refractivity contribution in [3.63, 3.8) is 0 Å². The molecule has 0 N–H and O–H groups in total. The number of alkyl halides is 1. The van der Waals surface area contributed by atoms with E-state index in [1.807, 2.05) is 26.0 Å². The summed E-state index contributed by atoms with van der Waals surface area (Å²) in [6, 6.07) is 0. The molecule has 0 aromatic heterocycles. The maximum atomic E-state index is 11.4. The van der Waals surface area contributed by atoms with E-state index in [1.54, 1.807) is 12.3 Å². The minimum Gasteiger partial charge on any atom is -0.489 e. The molecule has 0 aromatic rings. The van der Waals surface area contributed by atoms with Crippen LogP contribution in [0.1, 0.15) is 26.7 Å². The molecule has 1 heterocycles. The van der Waals surface area contributed by atoms with Gasteiger partial charge in [0.15, 0.2) is 0 Å². The molecule has 3 aliphatic rings. The van der Waals surface area contributed by atoms with Crippen LogP contribution in [0.2, 0.25) is 0 Å². The van der Waals surface area contributed by atoms with E-state index in [0.29, 0.717) is 12.8 Å². The normalized spacial score (nSPS) is 33.8. The van der Waals surface area contributed by atoms with Crippen molar-refractivity contribution >= 4 is 15.9 Å². The predicted molar refractivity (Wildman–Crippen MR) is 89.1 cm³/mol. The highest BCUT2D eigenvalue weighted by atomic mass is 79.9. The van der Waals surface area contributed by atoms with Crippen LogP contribution in [-0.2, 0) is 4.74 Å². The Hall–Kier alpha value is -1.62. The molecule has 0 saturated heterocycles. The number of allylic oxidation sites excluding steroid dienone is 6. The Balaban J connectivity index is 2.03. The second-order valence-electron chi connectivity index (χ2n) is 6.05. The van der Waals surface area contributed by atoms with Gasteiger partial charge in [0.1, 0.15) is 5.60 Å². The quantitative estimate of drug-likeness (QED) is 0.315. The minimum absolute atomic E-state index is 0.0538. The van der Waals surface area contributed by atoms with Crippen molar-refractivity contribution in [1.82, 2.24) is 0 Å². The summed E-state index contributed by atoms with van der Waals surface area (Å²) in [5.41, 5.74) is 2.88. The van der Waals surface area contributed by atoms with Crippen molar-refractivity contribution in [2.24, 2.45) is 5.92 Å². The van der Waals surface area contributed by atoms with E-state index >= 15 is 0 Å². The zero-order valence-corrected chi connectivity index (χ0v) is 14.2. The van der Waals surface area contributed by atoms with Crippen molar-refractivity contribution in [2.45, 2.75) is 37.1 Å². The first-order valence-corrected chi connectivity index (χ1v) is 8.27. The van der Waals surface area contributed by atoms with Crippen molar-refractivity contribution in [2.75, 3.05) is 0 Å². The molecule has 1 aliphatic heterocycles. The van der Waals surface area contributed by atoms with E-state index in [0.717, 1.165) is 16.7 Å². The molecule has 3 rings (SSSR count). The van der Waals surface area contributed by atoms with E-state index in [2.05, 4.69) is 28.1 Å². The lowest BCUT2D eigenvalue weighted by Gasteiger charge is -2.34. The smallest absolute Gasteiger partial charge is 0.250 e. The van der Waals surface area contributed by atoms with Gasteiger partial charge in [-0.1, -0.05) is 45.8 Å². The lowest BCUT2D eigenvalue weighted by atomic mass is 9.78. The van der Waals surface area contributed by atoms with Gasteiger partial charge in [-0.3, -0.25) is 10.1 Å². The highest BCUT2D eigenvalue weighted by Crippen LogP contribution is 2.48. The van der Waals surface area contributed by atoms with Crippen molar-refractivity contribution < 1.29 is 9.66 Å². The van der Waals surface area contributed by atoms with Crippen LogP contribution in [0.4, 0.5) is 0 Å². The summed E-state index contributed by atoms with van der Waals surface area (Å²) in [5.74, 6) is -0.257. The molecular weight excluding hydrogens is 346 g/mol. The fourth-order valence-electron chi connectivity index (χ4n) is 3.24. The fourth-order valence-corrected chi connectivity index (χ4v) is 4.01. The van der Waals surface area contributed by atoms with Gasteiger partial charge in [-0.2, -0.15) is 0 Å². The Labute approximate surface area is 138 Å². The lowest BCUT2D eigenvalue weighted by molar-refractivity contribution is -0.432. The molecule has 4 nitrogen and oxygen atoms in total. The molecule has 22 heavy (non-hydrogen) atoms. The molecule has 0 saturated carbocycles. The number of nitro groups is 1. The van der Waals surface area contributed by atoms with Gasteiger partial charge in [0.05, 0.1) is 21.9 Å². The minimum atomic E-state index is -0.493. The third-order valence-corrected chi connectivity index (χ3v) is 5.67. The number of nitrogens with zero attached hydrogens (tertiary/aromatic N) is 1. The average molecular weight is 364 g/mol. The Kier molecular flexibility index (Phi) is 3.85. The van der Waals surface area contributed by atoms with Crippen LogP contribution < -0.4 is 0 Å². The third-order valence-electron chi connectivity index (χ3n) is 4.53. The Bertz CT molecular complexity index is 671. The van der Waals surface area contributed by atoms with Crippen LogP contribution in [0.5, 0.6) is 0 Å². The standard InChI is InChI=1S/C17H18BrNO3/c1-11-8-14-13(10-22-17(14,2)16(18)9-11)12-6-4-3-5-7-15(12)19(20)21/h3-4,7-10,12,16H,5-6H2,1-2H3. The fraction of sp³-hybridized carbons (Fsp3) is 0.412. The molecular formula is C17H18BrNO3. The van der Waals surface area contributed by atoms with Crippen molar-refractivity contribution in [3.8, 4) is 0 Å². The Morgan fingerprint density at radius 1 is 1.45 bits per heavy atom. The summed E-state index contributed by atoms with van der Waals surface area (Å²) in [4.78, 5) is 11.2. The summed E-state index contributed by atoms with van der Waals surface area (Å²) >= 11 is 3.66. The second-order valence-corrected chi connectivity index (χ2v) is 7.04. The largest absolute Gasteiger partial charge is 0.489 e. The monoisotopic (exact) mass is 363 g/mol. The molecule has 0 amide bonds. The van der Waals surface area contributed by atoms with Gasteiger partial charge in [0, 0.05) is 11.1 Å². The Morgan fingerprint density at radius 3 is 2.95 bits per heavy atom. The summed E-state index contributed by atoms with van der Waals surface area (Å²) < 4.78 is 5.94. The van der Waals surface area contributed by atoms with Crippen molar-refractivity contribution in [3.05, 3.63) is 69.2 Å². The van der Waals surface area contributed by atoms with E-state index in [9.17, 15) is 10.1 Å². The van der Waals surface area contributed by atoms with Gasteiger partial charge in [-0.25, -0.2) is 0 Å². The molecule has 5 heteroatoms. The van der Waals surface area contributed by atoms with E-state index < -0.39 is 5.60 Å². The van der Waals surface area contributed by atoms with Crippen LogP contribution in [0.25, 0.3) is 0 Å². The molecule has 0 bridgehead atoms. The summed E-state index contributed by atoms with van der Waals surface area (Å²) in [5, 5.41) is 11.4. The van der Waals surface area contributed by atoms with Gasteiger partial charge >= 0.3 is 0 Å². The lowest BCUT2D eigenvalue weighted by Crippen LogP contribution is -2.38. The molecule has 116 valence electrons. The van der Waals surface area contributed by atoms with Crippen LogP contribution >= 0.6 is 15.9 Å². The molecule has 0 radical (unpaired) electrons. The van der Waals surface area contributed by atoms with E-state index in [1.165, 1.54) is 0 Å². The SMILES string of the molecule is CC1=CC(Br)C2(C)OC=C(C3CC=CCC=C3[N+](=O)[O-])C2=C1. The summed E-state index contributed by atoms with van der Waals surface area (Å²) in [7, 11) is 0. The molecule has 3 unspecified atom stereocenters. The number of ether oxygens (including phenoxy) is 1.